The summed E-state index contributed by atoms with van der Waals surface area (Å²) in [5.41, 5.74) is 7.58. The van der Waals surface area contributed by atoms with Crippen molar-refractivity contribution in [1.82, 2.24) is 4.98 Å². The van der Waals surface area contributed by atoms with Gasteiger partial charge in [-0.1, -0.05) is 0 Å². The summed E-state index contributed by atoms with van der Waals surface area (Å²) in [6.45, 7) is 3.66. The summed E-state index contributed by atoms with van der Waals surface area (Å²) in [5, 5.41) is 7.59. The van der Waals surface area contributed by atoms with E-state index in [1.165, 1.54) is 24.3 Å². The molecule has 0 bridgehead atoms. The zero-order valence-electron chi connectivity index (χ0n) is 10.7. The topological polar surface area (TPSA) is 72.0 Å². The van der Waals surface area contributed by atoms with E-state index in [0.29, 0.717) is 11.3 Å². The minimum Gasteiger partial charge on any atom is -0.438 e. The van der Waals surface area contributed by atoms with Gasteiger partial charge in [-0.2, -0.15) is 0 Å². The lowest BCUT2D eigenvalue weighted by Crippen LogP contribution is -2.15. The number of nitrogens with two attached hydrogens (primary N) is 1. The summed E-state index contributed by atoms with van der Waals surface area (Å²) in [7, 11) is 0. The standard InChI is InChI=1S/C14H14FN3O/c1-8-7-9(2)18-14(12(8)13(16)17)19-11-5-3-10(15)4-6-11/h3-7H,1-2H3,(H3,16,17). The third-order valence-electron chi connectivity index (χ3n) is 2.61. The predicted octanol–water partition coefficient (Wildman–Crippen LogP) is 2.91. The number of hydrogen-bond acceptors (Lipinski definition) is 3. The summed E-state index contributed by atoms with van der Waals surface area (Å²) in [6.07, 6.45) is 0. The van der Waals surface area contributed by atoms with Gasteiger partial charge in [-0.3, -0.25) is 5.41 Å². The van der Waals surface area contributed by atoms with Crippen LogP contribution in [-0.2, 0) is 0 Å². The van der Waals surface area contributed by atoms with E-state index in [4.69, 9.17) is 15.9 Å². The van der Waals surface area contributed by atoms with Crippen LogP contribution in [0, 0.1) is 25.1 Å². The predicted molar refractivity (Wildman–Crippen MR) is 71.2 cm³/mol. The molecule has 0 saturated carbocycles. The van der Waals surface area contributed by atoms with Crippen molar-refractivity contribution in [3.05, 3.63) is 53.0 Å². The highest BCUT2D eigenvalue weighted by molar-refractivity contribution is 5.98. The van der Waals surface area contributed by atoms with Crippen molar-refractivity contribution in [3.8, 4) is 11.6 Å². The van der Waals surface area contributed by atoms with Crippen LogP contribution in [0.4, 0.5) is 4.39 Å². The molecule has 0 aliphatic rings. The Balaban J connectivity index is 2.44. The lowest BCUT2D eigenvalue weighted by Gasteiger charge is -2.12. The molecule has 0 amide bonds. The molecule has 1 aromatic heterocycles. The maximum Gasteiger partial charge on any atom is 0.230 e. The maximum atomic E-state index is 12.8. The molecule has 0 spiro atoms. The average Bonchev–Trinajstić information content (AvgIpc) is 2.30. The molecule has 1 heterocycles. The quantitative estimate of drug-likeness (QED) is 0.657. The van der Waals surface area contributed by atoms with Crippen molar-refractivity contribution in [2.45, 2.75) is 13.8 Å². The van der Waals surface area contributed by atoms with Gasteiger partial charge < -0.3 is 10.5 Å². The van der Waals surface area contributed by atoms with Gasteiger partial charge in [0.05, 0.1) is 5.56 Å². The number of aromatic nitrogens is 1. The third-order valence-corrected chi connectivity index (χ3v) is 2.61. The van der Waals surface area contributed by atoms with Crippen molar-refractivity contribution in [3.63, 3.8) is 0 Å². The van der Waals surface area contributed by atoms with Crippen molar-refractivity contribution < 1.29 is 9.13 Å². The Hall–Kier alpha value is -2.43. The summed E-state index contributed by atoms with van der Waals surface area (Å²) in [5.74, 6) is 0.257. The molecule has 0 aliphatic heterocycles. The van der Waals surface area contributed by atoms with Crippen LogP contribution in [0.2, 0.25) is 0 Å². The molecule has 19 heavy (non-hydrogen) atoms. The number of amidine groups is 1. The average molecular weight is 259 g/mol. The third kappa shape index (κ3) is 2.88. The second-order valence-electron chi connectivity index (χ2n) is 4.23. The Morgan fingerprint density at radius 1 is 1.26 bits per heavy atom. The van der Waals surface area contributed by atoms with E-state index in [1.807, 2.05) is 19.9 Å². The fourth-order valence-corrected chi connectivity index (χ4v) is 1.82. The Morgan fingerprint density at radius 2 is 1.89 bits per heavy atom. The number of hydrogen-bond donors (Lipinski definition) is 2. The highest BCUT2D eigenvalue weighted by Gasteiger charge is 2.13. The van der Waals surface area contributed by atoms with E-state index < -0.39 is 0 Å². The molecule has 98 valence electrons. The van der Waals surface area contributed by atoms with E-state index in [0.717, 1.165) is 11.3 Å². The summed E-state index contributed by atoms with van der Waals surface area (Å²) in [6, 6.07) is 7.42. The molecule has 0 unspecified atom stereocenters. The first-order valence-corrected chi connectivity index (χ1v) is 5.73. The van der Waals surface area contributed by atoms with Crippen molar-refractivity contribution in [2.24, 2.45) is 5.73 Å². The largest absolute Gasteiger partial charge is 0.438 e. The summed E-state index contributed by atoms with van der Waals surface area (Å²) < 4.78 is 18.4. The van der Waals surface area contributed by atoms with Gasteiger partial charge in [-0.25, -0.2) is 9.37 Å². The Kier molecular flexibility index (Phi) is 3.46. The fraction of sp³-hybridized carbons (Fsp3) is 0.143. The van der Waals surface area contributed by atoms with Gasteiger partial charge in [0.2, 0.25) is 5.88 Å². The molecule has 2 rings (SSSR count). The molecular formula is C14H14FN3O. The van der Waals surface area contributed by atoms with Gasteiger partial charge in [0.15, 0.2) is 0 Å². The maximum absolute atomic E-state index is 12.8. The molecule has 0 radical (unpaired) electrons. The van der Waals surface area contributed by atoms with Gasteiger partial charge >= 0.3 is 0 Å². The van der Waals surface area contributed by atoms with Crippen LogP contribution in [-0.4, -0.2) is 10.8 Å². The zero-order chi connectivity index (χ0) is 14.0. The number of benzene rings is 1. The molecule has 2 aromatic rings. The minimum absolute atomic E-state index is 0.109. The first-order valence-electron chi connectivity index (χ1n) is 5.73. The molecule has 1 aromatic carbocycles. The molecule has 5 heteroatoms. The van der Waals surface area contributed by atoms with Gasteiger partial charge in [0.25, 0.3) is 0 Å². The Morgan fingerprint density at radius 3 is 2.47 bits per heavy atom. The smallest absolute Gasteiger partial charge is 0.230 e. The van der Waals surface area contributed by atoms with E-state index in [-0.39, 0.29) is 17.5 Å². The minimum atomic E-state index is -0.340. The van der Waals surface area contributed by atoms with Gasteiger partial charge in [0.1, 0.15) is 17.4 Å². The molecule has 0 atom stereocenters. The number of halogens is 1. The van der Waals surface area contributed by atoms with Gasteiger partial charge in [-0.05, 0) is 49.7 Å². The van der Waals surface area contributed by atoms with Crippen molar-refractivity contribution >= 4 is 5.84 Å². The first-order chi connectivity index (χ1) is 8.97. The van der Waals surface area contributed by atoms with Crippen LogP contribution in [0.1, 0.15) is 16.8 Å². The second-order valence-corrected chi connectivity index (χ2v) is 4.23. The summed E-state index contributed by atoms with van der Waals surface area (Å²) >= 11 is 0. The van der Waals surface area contributed by atoms with E-state index in [2.05, 4.69) is 4.98 Å². The fourth-order valence-electron chi connectivity index (χ4n) is 1.82. The second kappa shape index (κ2) is 5.06. The summed E-state index contributed by atoms with van der Waals surface area (Å²) in [4.78, 5) is 4.24. The monoisotopic (exact) mass is 259 g/mol. The molecule has 0 fully saturated rings. The Bertz CT molecular complexity index is 623. The van der Waals surface area contributed by atoms with E-state index in [9.17, 15) is 4.39 Å². The van der Waals surface area contributed by atoms with Crippen molar-refractivity contribution in [1.29, 1.82) is 5.41 Å². The van der Waals surface area contributed by atoms with Gasteiger partial charge in [0, 0.05) is 5.69 Å². The molecule has 0 aliphatic carbocycles. The normalized spacial score (nSPS) is 10.3. The Labute approximate surface area is 110 Å². The van der Waals surface area contributed by atoms with E-state index in [1.54, 1.807) is 0 Å². The van der Waals surface area contributed by atoms with E-state index >= 15 is 0 Å². The molecule has 3 N–H and O–H groups in total. The number of ether oxygens (including phenoxy) is 1. The number of nitrogen functional groups attached to an aromatic ring is 1. The van der Waals surface area contributed by atoms with Crippen LogP contribution >= 0.6 is 0 Å². The van der Waals surface area contributed by atoms with Crippen LogP contribution in [0.15, 0.2) is 30.3 Å². The van der Waals surface area contributed by atoms with Crippen LogP contribution in [0.3, 0.4) is 0 Å². The molecule has 4 nitrogen and oxygen atoms in total. The number of nitrogens with zero attached hydrogens (tertiary/aromatic N) is 1. The van der Waals surface area contributed by atoms with Crippen LogP contribution in [0.5, 0.6) is 11.6 Å². The van der Waals surface area contributed by atoms with Crippen molar-refractivity contribution in [2.75, 3.05) is 0 Å². The number of aryl methyl sites for hydroxylation is 2. The number of nitrogens with one attached hydrogen (secondary N) is 1. The van der Waals surface area contributed by atoms with Gasteiger partial charge in [-0.15, -0.1) is 0 Å². The van der Waals surface area contributed by atoms with Crippen LogP contribution in [0.25, 0.3) is 0 Å². The first kappa shape index (κ1) is 13.0. The lowest BCUT2D eigenvalue weighted by molar-refractivity contribution is 0.458. The lowest BCUT2D eigenvalue weighted by atomic mass is 10.1. The highest BCUT2D eigenvalue weighted by atomic mass is 19.1. The highest BCUT2D eigenvalue weighted by Crippen LogP contribution is 2.26. The number of pyridine rings is 1. The SMILES string of the molecule is Cc1cc(C)c(C(=N)N)c(Oc2ccc(F)cc2)n1. The molecule has 0 saturated heterocycles. The van der Waals surface area contributed by atoms with Crippen LogP contribution < -0.4 is 10.5 Å². The number of rotatable bonds is 3. The molecular weight excluding hydrogens is 245 g/mol. The zero-order valence-corrected chi connectivity index (χ0v) is 10.7.